The highest BCUT2D eigenvalue weighted by Gasteiger charge is 2.39. The average molecular weight is 287 g/mol. The summed E-state index contributed by atoms with van der Waals surface area (Å²) in [6.07, 6.45) is 7.74. The molecule has 3 nitrogen and oxygen atoms in total. The molecule has 1 amide bonds. The SMILES string of the molecule is CCC1(C(O)c2ccc3c(c2)CCCC(=O)N3)CCCC1. The van der Waals surface area contributed by atoms with Crippen LogP contribution in [-0.4, -0.2) is 11.0 Å². The first kappa shape index (κ1) is 14.6. The Morgan fingerprint density at radius 2 is 2.00 bits per heavy atom. The van der Waals surface area contributed by atoms with E-state index >= 15 is 0 Å². The van der Waals surface area contributed by atoms with Crippen molar-refractivity contribution in [3.05, 3.63) is 29.3 Å². The zero-order chi connectivity index (χ0) is 14.9. The fourth-order valence-electron chi connectivity index (χ4n) is 4.02. The Morgan fingerprint density at radius 1 is 1.24 bits per heavy atom. The number of aryl methyl sites for hydroxylation is 1. The summed E-state index contributed by atoms with van der Waals surface area (Å²) < 4.78 is 0. The Kier molecular flexibility index (Phi) is 4.03. The minimum Gasteiger partial charge on any atom is -0.388 e. The molecule has 0 aromatic heterocycles. The Hall–Kier alpha value is -1.35. The monoisotopic (exact) mass is 287 g/mol. The zero-order valence-electron chi connectivity index (χ0n) is 12.8. The smallest absolute Gasteiger partial charge is 0.224 e. The van der Waals surface area contributed by atoms with E-state index < -0.39 is 0 Å². The predicted octanol–water partition coefficient (Wildman–Crippen LogP) is 3.97. The number of anilines is 1. The summed E-state index contributed by atoms with van der Waals surface area (Å²) in [7, 11) is 0. The molecule has 0 saturated heterocycles. The normalized spacial score (nSPS) is 22.3. The van der Waals surface area contributed by atoms with Crippen LogP contribution in [0.15, 0.2) is 18.2 Å². The molecule has 0 radical (unpaired) electrons. The fraction of sp³-hybridized carbons (Fsp3) is 0.611. The van der Waals surface area contributed by atoms with Crippen LogP contribution in [-0.2, 0) is 11.2 Å². The van der Waals surface area contributed by atoms with Crippen molar-refractivity contribution in [2.24, 2.45) is 5.41 Å². The Bertz CT molecular complexity index is 532. The third-order valence-corrected chi connectivity index (χ3v) is 5.45. The number of amides is 1. The Morgan fingerprint density at radius 3 is 2.71 bits per heavy atom. The van der Waals surface area contributed by atoms with Gasteiger partial charge in [0.15, 0.2) is 0 Å². The van der Waals surface area contributed by atoms with E-state index in [-0.39, 0.29) is 17.4 Å². The van der Waals surface area contributed by atoms with Crippen molar-refractivity contribution in [1.82, 2.24) is 0 Å². The number of aliphatic hydroxyl groups is 1. The first-order valence-electron chi connectivity index (χ1n) is 8.25. The van der Waals surface area contributed by atoms with Gasteiger partial charge in [-0.3, -0.25) is 4.79 Å². The van der Waals surface area contributed by atoms with Crippen molar-refractivity contribution in [1.29, 1.82) is 0 Å². The van der Waals surface area contributed by atoms with Gasteiger partial charge in [0.2, 0.25) is 5.91 Å². The van der Waals surface area contributed by atoms with Gasteiger partial charge in [-0.15, -0.1) is 0 Å². The highest BCUT2D eigenvalue weighted by Crippen LogP contribution is 2.50. The van der Waals surface area contributed by atoms with Gasteiger partial charge in [0.25, 0.3) is 0 Å². The Labute approximate surface area is 126 Å². The molecule has 1 aliphatic carbocycles. The number of fused-ring (bicyclic) bond motifs is 1. The van der Waals surface area contributed by atoms with E-state index in [2.05, 4.69) is 18.3 Å². The number of carbonyl (C=O) groups excluding carboxylic acids is 1. The van der Waals surface area contributed by atoms with Crippen LogP contribution in [0.3, 0.4) is 0 Å². The number of aliphatic hydroxyl groups excluding tert-OH is 1. The summed E-state index contributed by atoms with van der Waals surface area (Å²) in [6.45, 7) is 2.19. The van der Waals surface area contributed by atoms with Gasteiger partial charge in [-0.25, -0.2) is 0 Å². The quantitative estimate of drug-likeness (QED) is 0.884. The molecule has 0 spiro atoms. The molecule has 1 saturated carbocycles. The van der Waals surface area contributed by atoms with Crippen LogP contribution in [0.5, 0.6) is 0 Å². The van der Waals surface area contributed by atoms with Gasteiger partial charge in [0.1, 0.15) is 0 Å². The Balaban J connectivity index is 1.89. The lowest BCUT2D eigenvalue weighted by atomic mass is 9.75. The number of rotatable bonds is 3. The summed E-state index contributed by atoms with van der Waals surface area (Å²) in [4.78, 5) is 11.6. The second-order valence-corrected chi connectivity index (χ2v) is 6.64. The van der Waals surface area contributed by atoms with Crippen molar-refractivity contribution in [2.75, 3.05) is 5.32 Å². The third kappa shape index (κ3) is 2.71. The lowest BCUT2D eigenvalue weighted by Gasteiger charge is -2.34. The molecule has 1 unspecified atom stereocenters. The number of nitrogens with one attached hydrogen (secondary N) is 1. The molecule has 21 heavy (non-hydrogen) atoms. The van der Waals surface area contributed by atoms with Crippen molar-refractivity contribution in [3.63, 3.8) is 0 Å². The maximum Gasteiger partial charge on any atom is 0.224 e. The van der Waals surface area contributed by atoms with E-state index in [1.54, 1.807) is 0 Å². The molecule has 1 aromatic carbocycles. The van der Waals surface area contributed by atoms with Crippen LogP contribution < -0.4 is 5.32 Å². The molecule has 1 heterocycles. The maximum atomic E-state index is 11.6. The fourth-order valence-corrected chi connectivity index (χ4v) is 4.02. The van der Waals surface area contributed by atoms with E-state index in [0.29, 0.717) is 6.42 Å². The molecule has 2 N–H and O–H groups in total. The molecule has 1 aliphatic heterocycles. The van der Waals surface area contributed by atoms with Gasteiger partial charge in [-0.05, 0) is 49.3 Å². The standard InChI is InChI=1S/C18H25NO2/c1-2-18(10-3-4-11-18)17(21)14-8-9-15-13(12-14)6-5-7-16(20)19-15/h8-9,12,17,21H,2-7,10-11H2,1H3,(H,19,20). The third-order valence-electron chi connectivity index (χ3n) is 5.45. The van der Waals surface area contributed by atoms with Crippen molar-refractivity contribution >= 4 is 11.6 Å². The van der Waals surface area contributed by atoms with E-state index in [1.165, 1.54) is 18.4 Å². The topological polar surface area (TPSA) is 49.3 Å². The van der Waals surface area contributed by atoms with E-state index in [9.17, 15) is 9.90 Å². The van der Waals surface area contributed by atoms with Crippen LogP contribution in [0.1, 0.15) is 69.1 Å². The van der Waals surface area contributed by atoms with Gasteiger partial charge < -0.3 is 10.4 Å². The number of benzene rings is 1. The van der Waals surface area contributed by atoms with E-state index in [0.717, 1.165) is 43.4 Å². The van der Waals surface area contributed by atoms with Gasteiger partial charge in [0.05, 0.1) is 6.10 Å². The number of carbonyl (C=O) groups is 1. The summed E-state index contributed by atoms with van der Waals surface area (Å²) in [5.74, 6) is 0.0999. The summed E-state index contributed by atoms with van der Waals surface area (Å²) in [5.41, 5.74) is 3.17. The largest absolute Gasteiger partial charge is 0.388 e. The highest BCUT2D eigenvalue weighted by atomic mass is 16.3. The van der Waals surface area contributed by atoms with Gasteiger partial charge in [-0.1, -0.05) is 31.9 Å². The van der Waals surface area contributed by atoms with Crippen LogP contribution in [0.4, 0.5) is 5.69 Å². The first-order chi connectivity index (χ1) is 10.1. The van der Waals surface area contributed by atoms with Gasteiger partial charge in [0, 0.05) is 17.5 Å². The highest BCUT2D eigenvalue weighted by molar-refractivity contribution is 5.92. The number of hydrogen-bond donors (Lipinski definition) is 2. The van der Waals surface area contributed by atoms with Crippen molar-refractivity contribution < 1.29 is 9.90 Å². The molecular weight excluding hydrogens is 262 g/mol. The lowest BCUT2D eigenvalue weighted by Crippen LogP contribution is -2.25. The molecule has 114 valence electrons. The predicted molar refractivity (Wildman–Crippen MR) is 84.2 cm³/mol. The van der Waals surface area contributed by atoms with Gasteiger partial charge in [-0.2, -0.15) is 0 Å². The zero-order valence-corrected chi connectivity index (χ0v) is 12.8. The lowest BCUT2D eigenvalue weighted by molar-refractivity contribution is -0.116. The maximum absolute atomic E-state index is 11.6. The average Bonchev–Trinajstić information content (AvgIpc) is 2.90. The first-order valence-corrected chi connectivity index (χ1v) is 8.25. The summed E-state index contributed by atoms with van der Waals surface area (Å²) >= 11 is 0. The van der Waals surface area contributed by atoms with Gasteiger partial charge >= 0.3 is 0 Å². The second kappa shape index (κ2) is 5.80. The van der Waals surface area contributed by atoms with Crippen LogP contribution >= 0.6 is 0 Å². The van der Waals surface area contributed by atoms with Crippen LogP contribution in [0.25, 0.3) is 0 Å². The molecule has 0 bridgehead atoms. The molecule has 3 heteroatoms. The van der Waals surface area contributed by atoms with Crippen LogP contribution in [0, 0.1) is 5.41 Å². The molecular formula is C18H25NO2. The molecule has 3 rings (SSSR count). The molecule has 1 atom stereocenters. The summed E-state index contributed by atoms with van der Waals surface area (Å²) in [6, 6.07) is 6.07. The minimum absolute atomic E-state index is 0.0578. The van der Waals surface area contributed by atoms with E-state index in [1.807, 2.05) is 12.1 Å². The molecule has 1 fully saturated rings. The van der Waals surface area contributed by atoms with Crippen LogP contribution in [0.2, 0.25) is 0 Å². The second-order valence-electron chi connectivity index (χ2n) is 6.64. The number of hydrogen-bond acceptors (Lipinski definition) is 2. The molecule has 1 aromatic rings. The van der Waals surface area contributed by atoms with Crippen molar-refractivity contribution in [2.45, 2.75) is 64.4 Å². The van der Waals surface area contributed by atoms with E-state index in [4.69, 9.17) is 0 Å². The minimum atomic E-state index is -0.380. The summed E-state index contributed by atoms with van der Waals surface area (Å²) in [5, 5.41) is 13.9. The van der Waals surface area contributed by atoms with Crippen molar-refractivity contribution in [3.8, 4) is 0 Å². The molecule has 2 aliphatic rings.